The molecule has 1 unspecified atom stereocenters. The molecule has 0 aliphatic heterocycles. The lowest BCUT2D eigenvalue weighted by atomic mass is 10.0. The van der Waals surface area contributed by atoms with Crippen LogP contribution in [0.1, 0.15) is 15.9 Å². The van der Waals surface area contributed by atoms with E-state index in [9.17, 15) is 14.7 Å². The molecule has 2 rings (SSSR count). The molecule has 0 aliphatic rings. The lowest BCUT2D eigenvalue weighted by molar-refractivity contribution is -0.130. The van der Waals surface area contributed by atoms with Gasteiger partial charge in [-0.15, -0.1) is 0 Å². The number of carbonyl (C=O) groups is 2. The van der Waals surface area contributed by atoms with Crippen LogP contribution in [0.4, 0.5) is 0 Å². The summed E-state index contributed by atoms with van der Waals surface area (Å²) in [6.07, 6.45) is 0.384. The van der Waals surface area contributed by atoms with Gasteiger partial charge in [-0.3, -0.25) is 9.59 Å². The molecule has 2 amide bonds. The van der Waals surface area contributed by atoms with Gasteiger partial charge < -0.3 is 15.3 Å². The van der Waals surface area contributed by atoms with Gasteiger partial charge in [0.05, 0.1) is 5.02 Å². The summed E-state index contributed by atoms with van der Waals surface area (Å²) in [4.78, 5) is 26.2. The Morgan fingerprint density at radius 3 is 2.42 bits per heavy atom. The van der Waals surface area contributed by atoms with Crippen LogP contribution in [0, 0.1) is 0 Å². The predicted octanol–water partition coefficient (Wildman–Crippen LogP) is 2.47. The van der Waals surface area contributed by atoms with Gasteiger partial charge in [-0.2, -0.15) is 0 Å². The van der Waals surface area contributed by atoms with Crippen LogP contribution in [0.15, 0.2) is 48.5 Å². The van der Waals surface area contributed by atoms with E-state index in [-0.39, 0.29) is 22.2 Å². The molecule has 0 aliphatic carbocycles. The van der Waals surface area contributed by atoms with E-state index in [2.05, 4.69) is 5.32 Å². The molecule has 2 N–H and O–H groups in total. The summed E-state index contributed by atoms with van der Waals surface area (Å²) in [6, 6.07) is 12.9. The van der Waals surface area contributed by atoms with E-state index in [0.29, 0.717) is 6.42 Å². The molecule has 1 atom stereocenters. The fraction of sp³-hybridized carbons (Fsp3) is 0.222. The number of rotatable bonds is 5. The Morgan fingerprint density at radius 2 is 1.83 bits per heavy atom. The Hall–Kier alpha value is -2.53. The zero-order valence-electron chi connectivity index (χ0n) is 13.5. The monoisotopic (exact) mass is 346 g/mol. The normalized spacial score (nSPS) is 11.6. The fourth-order valence-electron chi connectivity index (χ4n) is 2.25. The first kappa shape index (κ1) is 17.8. The first-order chi connectivity index (χ1) is 11.4. The topological polar surface area (TPSA) is 69.6 Å². The van der Waals surface area contributed by atoms with Crippen molar-refractivity contribution in [1.29, 1.82) is 0 Å². The number of hydrogen-bond donors (Lipinski definition) is 2. The number of carbonyl (C=O) groups excluding carboxylic acids is 2. The zero-order valence-corrected chi connectivity index (χ0v) is 14.2. The number of phenols is 1. The highest BCUT2D eigenvalue weighted by Gasteiger charge is 2.23. The second kappa shape index (κ2) is 7.84. The van der Waals surface area contributed by atoms with Gasteiger partial charge >= 0.3 is 0 Å². The maximum atomic E-state index is 12.4. The van der Waals surface area contributed by atoms with Crippen molar-refractivity contribution in [2.45, 2.75) is 12.5 Å². The molecule has 5 nitrogen and oxygen atoms in total. The van der Waals surface area contributed by atoms with Crippen LogP contribution in [0.2, 0.25) is 5.02 Å². The van der Waals surface area contributed by atoms with E-state index in [0.717, 1.165) is 5.56 Å². The Morgan fingerprint density at radius 1 is 1.17 bits per heavy atom. The molecule has 6 heteroatoms. The molecule has 0 saturated heterocycles. The quantitative estimate of drug-likeness (QED) is 0.873. The Bertz CT molecular complexity index is 732. The van der Waals surface area contributed by atoms with E-state index in [1.54, 1.807) is 14.1 Å². The number of likely N-dealkylation sites (N-methyl/N-ethyl adjacent to an activating group) is 1. The highest BCUT2D eigenvalue weighted by molar-refractivity contribution is 6.32. The molecule has 2 aromatic carbocycles. The Balaban J connectivity index is 2.19. The first-order valence-corrected chi connectivity index (χ1v) is 7.80. The zero-order chi connectivity index (χ0) is 17.7. The van der Waals surface area contributed by atoms with Crippen LogP contribution in [-0.2, 0) is 11.2 Å². The minimum Gasteiger partial charge on any atom is -0.506 e. The SMILES string of the molecule is CN(C)C(=O)C(Cc1ccccc1)NC(=O)c1ccc(O)c(Cl)c1. The molecule has 24 heavy (non-hydrogen) atoms. The average Bonchev–Trinajstić information content (AvgIpc) is 2.56. The summed E-state index contributed by atoms with van der Waals surface area (Å²) in [5, 5.41) is 12.3. The van der Waals surface area contributed by atoms with Crippen molar-refractivity contribution in [3.05, 3.63) is 64.7 Å². The van der Waals surface area contributed by atoms with Gasteiger partial charge in [-0.25, -0.2) is 0 Å². The smallest absolute Gasteiger partial charge is 0.251 e. The summed E-state index contributed by atoms with van der Waals surface area (Å²) in [7, 11) is 3.29. The van der Waals surface area contributed by atoms with Crippen molar-refractivity contribution >= 4 is 23.4 Å². The van der Waals surface area contributed by atoms with Crippen LogP contribution in [0.5, 0.6) is 5.75 Å². The highest BCUT2D eigenvalue weighted by Crippen LogP contribution is 2.23. The van der Waals surface area contributed by atoms with Gasteiger partial charge in [0.25, 0.3) is 5.91 Å². The number of nitrogens with zero attached hydrogens (tertiary/aromatic N) is 1. The lowest BCUT2D eigenvalue weighted by Crippen LogP contribution is -2.47. The van der Waals surface area contributed by atoms with Gasteiger partial charge in [0, 0.05) is 26.1 Å². The van der Waals surface area contributed by atoms with Crippen molar-refractivity contribution in [3.8, 4) is 5.75 Å². The molecule has 2 aromatic rings. The molecule has 0 spiro atoms. The molecule has 0 radical (unpaired) electrons. The predicted molar refractivity (Wildman–Crippen MR) is 93.2 cm³/mol. The maximum absolute atomic E-state index is 12.4. The molecule has 0 heterocycles. The number of benzene rings is 2. The summed E-state index contributed by atoms with van der Waals surface area (Å²) in [5.74, 6) is -0.719. The summed E-state index contributed by atoms with van der Waals surface area (Å²) in [5.41, 5.74) is 1.23. The van der Waals surface area contributed by atoms with Crippen molar-refractivity contribution in [1.82, 2.24) is 10.2 Å². The summed E-state index contributed by atoms with van der Waals surface area (Å²) in [6.45, 7) is 0. The van der Waals surface area contributed by atoms with Crippen LogP contribution >= 0.6 is 11.6 Å². The third-order valence-corrected chi connectivity index (χ3v) is 3.84. The van der Waals surface area contributed by atoms with Crippen molar-refractivity contribution in [3.63, 3.8) is 0 Å². The largest absolute Gasteiger partial charge is 0.506 e. The average molecular weight is 347 g/mol. The third-order valence-electron chi connectivity index (χ3n) is 3.54. The number of halogens is 1. The standard InChI is InChI=1S/C18H19ClN2O3/c1-21(2)18(24)15(10-12-6-4-3-5-7-12)20-17(23)13-8-9-16(22)14(19)11-13/h3-9,11,15,22H,10H2,1-2H3,(H,20,23). The van der Waals surface area contributed by atoms with Crippen LogP contribution in [0.25, 0.3) is 0 Å². The number of hydrogen-bond acceptors (Lipinski definition) is 3. The molecule has 0 bridgehead atoms. The van der Waals surface area contributed by atoms with Crippen LogP contribution < -0.4 is 5.32 Å². The Kier molecular flexibility index (Phi) is 5.82. The molecular formula is C18H19ClN2O3. The molecule has 0 fully saturated rings. The summed E-state index contributed by atoms with van der Waals surface area (Å²) >= 11 is 5.83. The van der Waals surface area contributed by atoms with Crippen molar-refractivity contribution in [2.75, 3.05) is 14.1 Å². The lowest BCUT2D eigenvalue weighted by Gasteiger charge is -2.22. The minimum atomic E-state index is -0.692. The van der Waals surface area contributed by atoms with E-state index in [1.807, 2.05) is 30.3 Å². The summed E-state index contributed by atoms with van der Waals surface area (Å²) < 4.78 is 0. The second-order valence-corrected chi connectivity index (χ2v) is 6.02. The highest BCUT2D eigenvalue weighted by atomic mass is 35.5. The number of aromatic hydroxyl groups is 1. The van der Waals surface area contributed by atoms with Crippen LogP contribution in [-0.4, -0.2) is 42.0 Å². The van der Waals surface area contributed by atoms with E-state index >= 15 is 0 Å². The Labute approximate surface area is 145 Å². The van der Waals surface area contributed by atoms with Gasteiger partial charge in [0.2, 0.25) is 5.91 Å². The van der Waals surface area contributed by atoms with Gasteiger partial charge in [-0.1, -0.05) is 41.9 Å². The number of phenolic OH excluding ortho intramolecular Hbond substituents is 1. The van der Waals surface area contributed by atoms with Gasteiger partial charge in [-0.05, 0) is 23.8 Å². The molecule has 0 aromatic heterocycles. The molecule has 0 saturated carbocycles. The number of nitrogens with one attached hydrogen (secondary N) is 1. The number of amides is 2. The van der Waals surface area contributed by atoms with E-state index in [4.69, 9.17) is 11.6 Å². The second-order valence-electron chi connectivity index (χ2n) is 5.61. The maximum Gasteiger partial charge on any atom is 0.251 e. The van der Waals surface area contributed by atoms with E-state index < -0.39 is 11.9 Å². The van der Waals surface area contributed by atoms with Gasteiger partial charge in [0.15, 0.2) is 0 Å². The third kappa shape index (κ3) is 4.49. The first-order valence-electron chi connectivity index (χ1n) is 7.43. The van der Waals surface area contributed by atoms with Crippen molar-refractivity contribution in [2.24, 2.45) is 0 Å². The van der Waals surface area contributed by atoms with E-state index in [1.165, 1.54) is 23.1 Å². The van der Waals surface area contributed by atoms with Gasteiger partial charge in [0.1, 0.15) is 11.8 Å². The molecule has 126 valence electrons. The molecular weight excluding hydrogens is 328 g/mol. The fourth-order valence-corrected chi connectivity index (χ4v) is 2.43. The van der Waals surface area contributed by atoms with Crippen molar-refractivity contribution < 1.29 is 14.7 Å². The minimum absolute atomic E-state index is 0.0844. The van der Waals surface area contributed by atoms with Crippen LogP contribution in [0.3, 0.4) is 0 Å².